The van der Waals surface area contributed by atoms with Gasteiger partial charge in [0.25, 0.3) is 5.56 Å². The lowest BCUT2D eigenvalue weighted by atomic mass is 9.95. The molecule has 6 nitrogen and oxygen atoms in total. The van der Waals surface area contributed by atoms with Crippen molar-refractivity contribution in [1.82, 2.24) is 15.1 Å². The maximum absolute atomic E-state index is 13.3. The van der Waals surface area contributed by atoms with Crippen molar-refractivity contribution in [2.24, 2.45) is 0 Å². The summed E-state index contributed by atoms with van der Waals surface area (Å²) < 4.78 is 1.16. The molecule has 1 unspecified atom stereocenters. The van der Waals surface area contributed by atoms with Gasteiger partial charge >= 0.3 is 0 Å². The molecule has 1 saturated carbocycles. The van der Waals surface area contributed by atoms with Crippen LogP contribution in [-0.2, 0) is 4.79 Å². The minimum absolute atomic E-state index is 0.0117. The lowest BCUT2D eigenvalue weighted by Gasteiger charge is -2.25. The van der Waals surface area contributed by atoms with E-state index in [0.717, 1.165) is 41.5 Å². The van der Waals surface area contributed by atoms with Crippen LogP contribution < -0.4 is 10.9 Å². The Morgan fingerprint density at radius 2 is 1.62 bits per heavy atom. The van der Waals surface area contributed by atoms with Gasteiger partial charge in [0.15, 0.2) is 0 Å². The minimum atomic E-state index is -0.830. The Bertz CT molecular complexity index is 1190. The number of carbonyl (C=O) groups excluding carboxylic acids is 1. The Morgan fingerprint density at radius 3 is 2.22 bits per heavy atom. The third kappa shape index (κ3) is 4.33. The molecule has 1 aliphatic rings. The van der Waals surface area contributed by atoms with Gasteiger partial charge < -0.3 is 5.32 Å². The molecule has 0 aliphatic heterocycles. The van der Waals surface area contributed by atoms with Gasteiger partial charge in [0.2, 0.25) is 5.91 Å². The quantitative estimate of drug-likeness (QED) is 0.652. The van der Waals surface area contributed by atoms with E-state index in [1.54, 1.807) is 6.92 Å². The molecule has 0 radical (unpaired) electrons. The van der Waals surface area contributed by atoms with E-state index in [4.69, 9.17) is 0 Å². The first-order valence-corrected chi connectivity index (χ1v) is 11.1. The standard InChI is InChI=1S/C26H26N4O2/c1-18(25(31)28-21-15-9-4-10-16-21)30-26(32)22(17-27)23(19-11-5-2-6-12-19)24(29-30)20-13-7-3-8-14-20/h2-3,5-8,11-14,18,21H,4,9-10,15-16H2,1H3,(H,28,31). The molecule has 0 spiro atoms. The van der Waals surface area contributed by atoms with E-state index in [1.807, 2.05) is 60.7 Å². The summed E-state index contributed by atoms with van der Waals surface area (Å²) in [6.45, 7) is 1.66. The van der Waals surface area contributed by atoms with Gasteiger partial charge in [0, 0.05) is 17.2 Å². The molecule has 0 bridgehead atoms. The second kappa shape index (κ2) is 9.61. The molecular weight excluding hydrogens is 400 g/mol. The maximum atomic E-state index is 13.3. The van der Waals surface area contributed by atoms with Crippen molar-refractivity contribution in [2.45, 2.75) is 51.1 Å². The van der Waals surface area contributed by atoms with E-state index in [-0.39, 0.29) is 17.5 Å². The fourth-order valence-corrected chi connectivity index (χ4v) is 4.27. The van der Waals surface area contributed by atoms with Crippen LogP contribution in [-0.4, -0.2) is 21.7 Å². The fourth-order valence-electron chi connectivity index (χ4n) is 4.27. The van der Waals surface area contributed by atoms with Crippen molar-refractivity contribution >= 4 is 5.91 Å². The van der Waals surface area contributed by atoms with Crippen molar-refractivity contribution in [3.63, 3.8) is 0 Å². The summed E-state index contributed by atoms with van der Waals surface area (Å²) in [5.74, 6) is -0.248. The molecule has 6 heteroatoms. The van der Waals surface area contributed by atoms with Crippen LogP contribution in [0.1, 0.15) is 50.6 Å². The molecule has 1 aliphatic carbocycles. The predicted molar refractivity (Wildman–Crippen MR) is 124 cm³/mol. The largest absolute Gasteiger partial charge is 0.352 e. The van der Waals surface area contributed by atoms with Gasteiger partial charge in [-0.1, -0.05) is 79.9 Å². The van der Waals surface area contributed by atoms with Crippen LogP contribution in [0.3, 0.4) is 0 Å². The summed E-state index contributed by atoms with van der Waals surface area (Å²) in [6, 6.07) is 20.1. The van der Waals surface area contributed by atoms with Crippen LogP contribution in [0, 0.1) is 11.3 Å². The zero-order chi connectivity index (χ0) is 22.5. The Hall–Kier alpha value is -3.72. The second-order valence-electron chi connectivity index (χ2n) is 8.21. The van der Waals surface area contributed by atoms with E-state index in [9.17, 15) is 14.9 Å². The summed E-state index contributed by atoms with van der Waals surface area (Å²) in [4.78, 5) is 26.3. The molecule has 3 aromatic rings. The molecule has 1 fully saturated rings. The smallest absolute Gasteiger partial charge is 0.286 e. The SMILES string of the molecule is CC(C(=O)NC1CCCCC1)n1nc(-c2ccccc2)c(-c2ccccc2)c(C#N)c1=O. The molecular formula is C26H26N4O2. The summed E-state index contributed by atoms with van der Waals surface area (Å²) in [6.07, 6.45) is 5.29. The van der Waals surface area contributed by atoms with Crippen LogP contribution in [0.15, 0.2) is 65.5 Å². The van der Waals surface area contributed by atoms with Crippen molar-refractivity contribution in [3.8, 4) is 28.5 Å². The molecule has 0 saturated heterocycles. The molecule has 2 aromatic carbocycles. The Kier molecular flexibility index (Phi) is 6.46. The number of hydrogen-bond acceptors (Lipinski definition) is 4. The van der Waals surface area contributed by atoms with Gasteiger partial charge in [-0.15, -0.1) is 0 Å². The lowest BCUT2D eigenvalue weighted by molar-refractivity contribution is -0.125. The number of nitrogens with one attached hydrogen (secondary N) is 1. The Labute approximate surface area is 187 Å². The molecule has 1 amide bonds. The van der Waals surface area contributed by atoms with Crippen LogP contribution in [0.4, 0.5) is 0 Å². The molecule has 1 heterocycles. The molecule has 1 atom stereocenters. The third-order valence-electron chi connectivity index (χ3n) is 6.04. The highest BCUT2D eigenvalue weighted by molar-refractivity contribution is 5.85. The van der Waals surface area contributed by atoms with Crippen LogP contribution in [0.2, 0.25) is 0 Å². The van der Waals surface area contributed by atoms with Gasteiger partial charge in [0.05, 0.1) is 0 Å². The topological polar surface area (TPSA) is 87.8 Å². The lowest BCUT2D eigenvalue weighted by Crippen LogP contribution is -2.43. The number of aromatic nitrogens is 2. The summed E-state index contributed by atoms with van der Waals surface area (Å²) in [5, 5.41) is 17.6. The maximum Gasteiger partial charge on any atom is 0.286 e. The van der Waals surface area contributed by atoms with Crippen molar-refractivity contribution in [1.29, 1.82) is 5.26 Å². The Balaban J connectivity index is 1.83. The number of nitrogens with zero attached hydrogens (tertiary/aromatic N) is 3. The van der Waals surface area contributed by atoms with Gasteiger partial charge in [-0.3, -0.25) is 9.59 Å². The third-order valence-corrected chi connectivity index (χ3v) is 6.04. The summed E-state index contributed by atoms with van der Waals surface area (Å²) in [5.41, 5.74) is 1.93. The van der Waals surface area contributed by atoms with Gasteiger partial charge in [-0.25, -0.2) is 4.68 Å². The Morgan fingerprint density at radius 1 is 1.03 bits per heavy atom. The summed E-state index contributed by atoms with van der Waals surface area (Å²) >= 11 is 0. The first-order valence-electron chi connectivity index (χ1n) is 11.1. The van der Waals surface area contributed by atoms with Gasteiger partial charge in [-0.2, -0.15) is 10.4 Å². The van der Waals surface area contributed by atoms with E-state index < -0.39 is 11.6 Å². The number of rotatable bonds is 5. The molecule has 32 heavy (non-hydrogen) atoms. The normalized spacial score (nSPS) is 15.0. The number of benzene rings is 2. The number of nitriles is 1. The van der Waals surface area contributed by atoms with E-state index >= 15 is 0 Å². The number of hydrogen-bond donors (Lipinski definition) is 1. The van der Waals surface area contributed by atoms with Crippen LogP contribution in [0.5, 0.6) is 0 Å². The van der Waals surface area contributed by atoms with Crippen molar-refractivity contribution in [2.75, 3.05) is 0 Å². The zero-order valence-electron chi connectivity index (χ0n) is 18.1. The average Bonchev–Trinajstić information content (AvgIpc) is 2.85. The fraction of sp³-hybridized carbons (Fsp3) is 0.308. The number of carbonyl (C=O) groups is 1. The molecule has 162 valence electrons. The van der Waals surface area contributed by atoms with E-state index in [1.165, 1.54) is 6.42 Å². The van der Waals surface area contributed by atoms with Gasteiger partial charge in [0.1, 0.15) is 23.4 Å². The van der Waals surface area contributed by atoms with Crippen LogP contribution >= 0.6 is 0 Å². The van der Waals surface area contributed by atoms with E-state index in [2.05, 4.69) is 16.5 Å². The predicted octanol–water partition coefficient (Wildman–Crippen LogP) is 4.46. The molecule has 1 aromatic heterocycles. The monoisotopic (exact) mass is 426 g/mol. The first kappa shape index (κ1) is 21.5. The van der Waals surface area contributed by atoms with Crippen molar-refractivity contribution < 1.29 is 4.79 Å². The molecule has 1 N–H and O–H groups in total. The molecule has 4 rings (SSSR count). The second-order valence-corrected chi connectivity index (χ2v) is 8.21. The van der Waals surface area contributed by atoms with Crippen LogP contribution in [0.25, 0.3) is 22.4 Å². The van der Waals surface area contributed by atoms with E-state index in [0.29, 0.717) is 11.3 Å². The minimum Gasteiger partial charge on any atom is -0.352 e. The first-order chi connectivity index (χ1) is 15.6. The number of amides is 1. The highest BCUT2D eigenvalue weighted by Crippen LogP contribution is 2.32. The van der Waals surface area contributed by atoms with Crippen molar-refractivity contribution in [3.05, 3.63) is 76.6 Å². The van der Waals surface area contributed by atoms with Gasteiger partial charge in [-0.05, 0) is 25.3 Å². The average molecular weight is 427 g/mol. The summed E-state index contributed by atoms with van der Waals surface area (Å²) in [7, 11) is 0. The zero-order valence-corrected chi connectivity index (χ0v) is 18.1. The highest BCUT2D eigenvalue weighted by Gasteiger charge is 2.26. The highest BCUT2D eigenvalue weighted by atomic mass is 16.2.